The van der Waals surface area contributed by atoms with Crippen molar-refractivity contribution in [3.63, 3.8) is 0 Å². The number of aromatic nitrogens is 4. The van der Waals surface area contributed by atoms with E-state index in [0.29, 0.717) is 63.1 Å². The lowest BCUT2D eigenvalue weighted by Gasteiger charge is -2.45. The van der Waals surface area contributed by atoms with Gasteiger partial charge in [-0.2, -0.15) is 10.1 Å². The van der Waals surface area contributed by atoms with E-state index in [1.165, 1.54) is 0 Å². The number of ether oxygens (including phenoxy) is 2. The number of para-hydroxylation sites is 1. The summed E-state index contributed by atoms with van der Waals surface area (Å²) in [7, 11) is 0. The van der Waals surface area contributed by atoms with E-state index in [-0.39, 0.29) is 24.7 Å². The Kier molecular flexibility index (Phi) is 7.45. The normalized spacial score (nSPS) is 20.4. The SMILES string of the molecule is CC(C)(C)OC(=O)N1CC[C@@H](N2Cc3cnc(Nc4cnn(CCO)c4)nc3N([C@@H]3CCOC3)C2=O)c2ccccc21. The fourth-order valence-electron chi connectivity index (χ4n) is 5.71. The maximum atomic E-state index is 14.3. The maximum Gasteiger partial charge on any atom is 0.414 e. The molecule has 2 N–H and O–H groups in total. The average Bonchev–Trinajstić information content (AvgIpc) is 3.64. The molecule has 13 heteroatoms. The summed E-state index contributed by atoms with van der Waals surface area (Å²) >= 11 is 0. The molecule has 2 aromatic heterocycles. The van der Waals surface area contributed by atoms with Gasteiger partial charge >= 0.3 is 12.1 Å². The third-order valence-electron chi connectivity index (χ3n) is 7.55. The van der Waals surface area contributed by atoms with Gasteiger partial charge in [-0.15, -0.1) is 0 Å². The molecule has 5 heterocycles. The first-order valence-corrected chi connectivity index (χ1v) is 14.2. The summed E-state index contributed by atoms with van der Waals surface area (Å²) in [5.41, 5.74) is 2.53. The minimum Gasteiger partial charge on any atom is -0.443 e. The Bertz CT molecular complexity index is 1460. The van der Waals surface area contributed by atoms with Gasteiger partial charge < -0.3 is 24.8 Å². The van der Waals surface area contributed by atoms with Crippen LogP contribution in [0.1, 0.15) is 50.8 Å². The van der Waals surface area contributed by atoms with E-state index in [0.717, 1.165) is 16.8 Å². The number of amides is 3. The third kappa shape index (κ3) is 5.49. The van der Waals surface area contributed by atoms with Gasteiger partial charge in [-0.05, 0) is 45.2 Å². The number of anilines is 4. The lowest BCUT2D eigenvalue weighted by molar-refractivity contribution is 0.0572. The molecular weight excluding hydrogens is 540 g/mol. The maximum absolute atomic E-state index is 14.3. The summed E-state index contributed by atoms with van der Waals surface area (Å²) in [6.07, 6.45) is 6.01. The second kappa shape index (κ2) is 11.2. The van der Waals surface area contributed by atoms with Crippen LogP contribution in [0.4, 0.5) is 32.7 Å². The zero-order valence-corrected chi connectivity index (χ0v) is 24.1. The number of urea groups is 1. The van der Waals surface area contributed by atoms with E-state index in [4.69, 9.17) is 14.5 Å². The zero-order valence-electron chi connectivity index (χ0n) is 24.1. The number of fused-ring (bicyclic) bond motifs is 2. The van der Waals surface area contributed by atoms with Crippen LogP contribution in [0.15, 0.2) is 42.9 Å². The number of nitrogens with one attached hydrogen (secondary N) is 1. The summed E-state index contributed by atoms with van der Waals surface area (Å²) in [6.45, 7) is 7.66. The van der Waals surface area contributed by atoms with Gasteiger partial charge in [0.1, 0.15) is 11.4 Å². The lowest BCUT2D eigenvalue weighted by Crippen LogP contribution is -2.54. The average molecular weight is 577 g/mol. The topological polar surface area (TPSA) is 138 Å². The number of rotatable bonds is 6. The van der Waals surface area contributed by atoms with E-state index in [9.17, 15) is 14.7 Å². The second-order valence-corrected chi connectivity index (χ2v) is 11.7. The number of benzene rings is 1. The smallest absolute Gasteiger partial charge is 0.414 e. The first-order chi connectivity index (χ1) is 20.2. The van der Waals surface area contributed by atoms with Gasteiger partial charge in [-0.25, -0.2) is 14.6 Å². The van der Waals surface area contributed by atoms with Crippen molar-refractivity contribution in [3.05, 3.63) is 54.0 Å². The Morgan fingerprint density at radius 2 is 2.05 bits per heavy atom. The fraction of sp³-hybridized carbons (Fsp3) is 0.483. The molecule has 3 aliphatic rings. The Labute approximate surface area is 244 Å². The molecule has 222 valence electrons. The standard InChI is InChI=1S/C29H36N8O5/c1-29(2,3)42-28(40)35-10-8-24(22-6-4-5-7-23(22)35)36-16-19-14-30-26(32-20-15-31-34(17-20)11-12-38)33-25(19)37(27(36)39)21-9-13-41-18-21/h4-7,14-15,17,21,24,38H,8-13,16,18H2,1-3H3,(H,30,32,33)/t21-,24-/m1/s1. The van der Waals surface area contributed by atoms with E-state index in [2.05, 4.69) is 15.4 Å². The highest BCUT2D eigenvalue weighted by Crippen LogP contribution is 2.42. The van der Waals surface area contributed by atoms with Crippen LogP contribution in [0.25, 0.3) is 0 Å². The number of hydrogen-bond donors (Lipinski definition) is 2. The molecule has 13 nitrogen and oxygen atoms in total. The summed E-state index contributed by atoms with van der Waals surface area (Å²) in [4.78, 5) is 42.0. The van der Waals surface area contributed by atoms with Crippen molar-refractivity contribution in [1.82, 2.24) is 24.6 Å². The number of nitrogens with zero attached hydrogens (tertiary/aromatic N) is 7. The van der Waals surface area contributed by atoms with Gasteiger partial charge in [0.15, 0.2) is 0 Å². The predicted octanol–water partition coefficient (Wildman–Crippen LogP) is 3.83. The predicted molar refractivity (Wildman–Crippen MR) is 155 cm³/mol. The van der Waals surface area contributed by atoms with Gasteiger partial charge in [-0.3, -0.25) is 14.5 Å². The molecule has 1 fully saturated rings. The Hall–Kier alpha value is -4.23. The Balaban J connectivity index is 1.31. The molecule has 0 unspecified atom stereocenters. The second-order valence-electron chi connectivity index (χ2n) is 11.7. The number of carbonyl (C=O) groups is 2. The molecule has 3 aliphatic heterocycles. The summed E-state index contributed by atoms with van der Waals surface area (Å²) < 4.78 is 13.0. The molecule has 0 radical (unpaired) electrons. The molecule has 0 aliphatic carbocycles. The molecule has 0 bridgehead atoms. The number of aliphatic hydroxyl groups is 1. The monoisotopic (exact) mass is 576 g/mol. The number of carbonyl (C=O) groups excluding carboxylic acids is 2. The first kappa shape index (κ1) is 27.9. The van der Waals surface area contributed by atoms with E-state index >= 15 is 0 Å². The van der Waals surface area contributed by atoms with Crippen molar-refractivity contribution in [1.29, 1.82) is 0 Å². The van der Waals surface area contributed by atoms with E-state index in [1.54, 1.807) is 33.1 Å². The Morgan fingerprint density at radius 3 is 2.81 bits per heavy atom. The van der Waals surface area contributed by atoms with Crippen molar-refractivity contribution < 1.29 is 24.2 Å². The highest BCUT2D eigenvalue weighted by molar-refractivity contribution is 5.96. The van der Waals surface area contributed by atoms with Gasteiger partial charge in [-0.1, -0.05) is 18.2 Å². The van der Waals surface area contributed by atoms with Crippen molar-refractivity contribution >= 4 is 35.3 Å². The molecule has 1 saturated heterocycles. The van der Waals surface area contributed by atoms with Crippen molar-refractivity contribution in [3.8, 4) is 0 Å². The summed E-state index contributed by atoms with van der Waals surface area (Å²) in [5.74, 6) is 0.907. The highest BCUT2D eigenvalue weighted by Gasteiger charge is 2.43. The minimum atomic E-state index is -0.618. The van der Waals surface area contributed by atoms with Gasteiger partial charge in [0.25, 0.3) is 0 Å². The van der Waals surface area contributed by atoms with E-state index < -0.39 is 11.7 Å². The third-order valence-corrected chi connectivity index (χ3v) is 7.55. The van der Waals surface area contributed by atoms with Crippen LogP contribution >= 0.6 is 0 Å². The van der Waals surface area contributed by atoms with Gasteiger partial charge in [0.2, 0.25) is 5.95 Å². The van der Waals surface area contributed by atoms with Crippen LogP contribution in [-0.2, 0) is 22.6 Å². The molecule has 1 aromatic carbocycles. The molecule has 0 spiro atoms. The summed E-state index contributed by atoms with van der Waals surface area (Å²) in [6, 6.07) is 7.14. The van der Waals surface area contributed by atoms with Crippen molar-refractivity contribution in [2.75, 3.05) is 41.5 Å². The van der Waals surface area contributed by atoms with Crippen LogP contribution in [0, 0.1) is 0 Å². The summed E-state index contributed by atoms with van der Waals surface area (Å²) in [5, 5.41) is 16.5. The minimum absolute atomic E-state index is 0.0159. The molecule has 42 heavy (non-hydrogen) atoms. The Morgan fingerprint density at radius 1 is 1.21 bits per heavy atom. The quantitative estimate of drug-likeness (QED) is 0.448. The number of aliphatic hydroxyl groups excluding tert-OH is 1. The van der Waals surface area contributed by atoms with Gasteiger partial charge in [0.05, 0.1) is 56.0 Å². The van der Waals surface area contributed by atoms with Crippen LogP contribution in [0.3, 0.4) is 0 Å². The molecule has 3 amide bonds. The van der Waals surface area contributed by atoms with Crippen molar-refractivity contribution in [2.45, 2.75) is 64.4 Å². The lowest BCUT2D eigenvalue weighted by atomic mass is 9.94. The molecule has 0 saturated carbocycles. The fourth-order valence-corrected chi connectivity index (χ4v) is 5.71. The van der Waals surface area contributed by atoms with Crippen molar-refractivity contribution in [2.24, 2.45) is 0 Å². The molecular formula is C29H36N8O5. The van der Waals surface area contributed by atoms with Gasteiger partial charge in [0, 0.05) is 31.1 Å². The van der Waals surface area contributed by atoms with Crippen LogP contribution in [0.5, 0.6) is 0 Å². The zero-order chi connectivity index (χ0) is 29.4. The van der Waals surface area contributed by atoms with Crippen LogP contribution < -0.4 is 15.1 Å². The largest absolute Gasteiger partial charge is 0.443 e. The van der Waals surface area contributed by atoms with Crippen LogP contribution in [0.2, 0.25) is 0 Å². The van der Waals surface area contributed by atoms with E-state index in [1.807, 2.05) is 49.9 Å². The molecule has 6 rings (SSSR count). The first-order valence-electron chi connectivity index (χ1n) is 14.2. The van der Waals surface area contributed by atoms with Crippen LogP contribution in [-0.4, -0.2) is 79.9 Å². The number of hydrogen-bond acceptors (Lipinski definition) is 9. The highest BCUT2D eigenvalue weighted by atomic mass is 16.6. The molecule has 3 aromatic rings. The molecule has 2 atom stereocenters.